The van der Waals surface area contributed by atoms with Crippen molar-refractivity contribution in [2.45, 2.75) is 23.8 Å². The van der Waals surface area contributed by atoms with E-state index >= 15 is 0 Å². The number of rotatable bonds is 3. The molecular formula is C15H18N4OS. The number of nitrogens with zero attached hydrogens (tertiary/aromatic N) is 4. The molecule has 1 fully saturated rings. The first-order chi connectivity index (χ1) is 10.1. The minimum absolute atomic E-state index is 0.0392. The molecule has 1 aromatic carbocycles. The van der Waals surface area contributed by atoms with Gasteiger partial charge in [0.05, 0.1) is 5.25 Å². The van der Waals surface area contributed by atoms with Gasteiger partial charge in [-0.3, -0.25) is 4.79 Å². The molecule has 2 heterocycles. The van der Waals surface area contributed by atoms with Crippen LogP contribution in [0.25, 0.3) is 11.4 Å². The van der Waals surface area contributed by atoms with E-state index in [2.05, 4.69) is 23.2 Å². The van der Waals surface area contributed by atoms with Gasteiger partial charge in [-0.15, -0.1) is 10.2 Å². The van der Waals surface area contributed by atoms with Gasteiger partial charge < -0.3 is 9.47 Å². The Labute approximate surface area is 128 Å². The lowest BCUT2D eigenvalue weighted by Gasteiger charge is -2.10. The van der Waals surface area contributed by atoms with Gasteiger partial charge in [-0.25, -0.2) is 0 Å². The van der Waals surface area contributed by atoms with E-state index in [0.29, 0.717) is 0 Å². The maximum atomic E-state index is 12.0. The average molecular weight is 302 g/mol. The van der Waals surface area contributed by atoms with E-state index in [1.165, 1.54) is 17.3 Å². The molecule has 1 atom stereocenters. The summed E-state index contributed by atoms with van der Waals surface area (Å²) in [5, 5.41) is 9.32. The molecule has 1 saturated heterocycles. The summed E-state index contributed by atoms with van der Waals surface area (Å²) in [5.41, 5.74) is 2.25. The van der Waals surface area contributed by atoms with Crippen molar-refractivity contribution in [2.75, 3.05) is 13.6 Å². The van der Waals surface area contributed by atoms with Gasteiger partial charge in [0.2, 0.25) is 5.91 Å². The first-order valence-corrected chi connectivity index (χ1v) is 7.83. The number of hydrogen-bond donors (Lipinski definition) is 0. The van der Waals surface area contributed by atoms with Crippen LogP contribution in [0.4, 0.5) is 0 Å². The van der Waals surface area contributed by atoms with Crippen LogP contribution in [0.5, 0.6) is 0 Å². The van der Waals surface area contributed by atoms with Gasteiger partial charge in [0.15, 0.2) is 11.0 Å². The average Bonchev–Trinajstić information content (AvgIpc) is 2.98. The van der Waals surface area contributed by atoms with Crippen molar-refractivity contribution in [3.8, 4) is 11.4 Å². The molecule has 1 aliphatic heterocycles. The Morgan fingerprint density at radius 3 is 2.67 bits per heavy atom. The van der Waals surface area contributed by atoms with E-state index in [4.69, 9.17) is 0 Å². The Hall–Kier alpha value is -1.82. The van der Waals surface area contributed by atoms with Crippen LogP contribution in [0.2, 0.25) is 0 Å². The second kappa shape index (κ2) is 5.52. The summed E-state index contributed by atoms with van der Waals surface area (Å²) >= 11 is 1.51. The number of carbonyl (C=O) groups excluding carboxylic acids is 1. The van der Waals surface area contributed by atoms with Gasteiger partial charge >= 0.3 is 0 Å². The third kappa shape index (κ3) is 2.55. The highest BCUT2D eigenvalue weighted by Gasteiger charge is 2.31. The number of carbonyl (C=O) groups is 1. The molecule has 110 valence electrons. The summed E-state index contributed by atoms with van der Waals surface area (Å²) in [6, 6.07) is 8.12. The Morgan fingerprint density at radius 1 is 1.24 bits per heavy atom. The molecule has 1 amide bonds. The summed E-state index contributed by atoms with van der Waals surface area (Å²) < 4.78 is 1.97. The van der Waals surface area contributed by atoms with Gasteiger partial charge in [0.1, 0.15) is 0 Å². The first kappa shape index (κ1) is 14.1. The van der Waals surface area contributed by atoms with Gasteiger partial charge in [-0.05, 0) is 18.9 Å². The van der Waals surface area contributed by atoms with E-state index in [1.807, 2.05) is 36.9 Å². The van der Waals surface area contributed by atoms with Crippen LogP contribution in [-0.2, 0) is 11.8 Å². The number of aromatic nitrogens is 3. The molecule has 0 spiro atoms. The van der Waals surface area contributed by atoms with E-state index in [1.54, 1.807) is 4.90 Å². The number of benzene rings is 1. The summed E-state index contributed by atoms with van der Waals surface area (Å²) in [7, 11) is 3.80. The van der Waals surface area contributed by atoms with Crippen molar-refractivity contribution in [3.63, 3.8) is 0 Å². The topological polar surface area (TPSA) is 51.0 Å². The maximum Gasteiger partial charge on any atom is 0.235 e. The van der Waals surface area contributed by atoms with E-state index in [9.17, 15) is 4.79 Å². The predicted octanol–water partition coefficient (Wildman–Crippen LogP) is 2.11. The normalized spacial score (nSPS) is 18.5. The zero-order valence-electron chi connectivity index (χ0n) is 12.4. The zero-order chi connectivity index (χ0) is 15.0. The van der Waals surface area contributed by atoms with Crippen LogP contribution in [0.15, 0.2) is 29.4 Å². The van der Waals surface area contributed by atoms with E-state index < -0.39 is 0 Å². The van der Waals surface area contributed by atoms with Gasteiger partial charge in [-0.1, -0.05) is 36.0 Å². The molecule has 0 saturated carbocycles. The molecule has 1 unspecified atom stereocenters. The lowest BCUT2D eigenvalue weighted by molar-refractivity contribution is -0.126. The second-order valence-corrected chi connectivity index (χ2v) is 6.50. The number of aryl methyl sites for hydroxylation is 1. The molecule has 21 heavy (non-hydrogen) atoms. The molecule has 5 nitrogen and oxygen atoms in total. The molecule has 2 aromatic rings. The Bertz CT molecular complexity index is 682. The summed E-state index contributed by atoms with van der Waals surface area (Å²) in [6.45, 7) is 2.88. The summed E-state index contributed by atoms with van der Waals surface area (Å²) in [4.78, 5) is 13.8. The van der Waals surface area contributed by atoms with Crippen LogP contribution < -0.4 is 0 Å². The van der Waals surface area contributed by atoms with Crippen LogP contribution in [0.3, 0.4) is 0 Å². The SMILES string of the molecule is Cc1ccccc1-c1nnc(SC2CCN(C)C2=O)n1C. The Morgan fingerprint density at radius 2 is 2.00 bits per heavy atom. The molecule has 1 aliphatic rings. The lowest BCUT2D eigenvalue weighted by Crippen LogP contribution is -2.23. The zero-order valence-corrected chi connectivity index (χ0v) is 13.2. The van der Waals surface area contributed by atoms with Gasteiger partial charge in [0, 0.05) is 26.2 Å². The van der Waals surface area contributed by atoms with Crippen molar-refractivity contribution in [3.05, 3.63) is 29.8 Å². The fourth-order valence-corrected chi connectivity index (χ4v) is 3.59. The minimum Gasteiger partial charge on any atom is -0.345 e. The molecule has 0 N–H and O–H groups in total. The molecule has 6 heteroatoms. The quantitative estimate of drug-likeness (QED) is 0.871. The van der Waals surface area contributed by atoms with Crippen molar-refractivity contribution >= 4 is 17.7 Å². The van der Waals surface area contributed by atoms with Crippen molar-refractivity contribution in [1.29, 1.82) is 0 Å². The standard InChI is InChI=1S/C15H18N4OS/c1-10-6-4-5-7-11(10)13-16-17-15(19(13)3)21-12-8-9-18(2)14(12)20/h4-7,12H,8-9H2,1-3H3. The van der Waals surface area contributed by atoms with Crippen LogP contribution in [-0.4, -0.2) is 44.4 Å². The van der Waals surface area contributed by atoms with Gasteiger partial charge in [0.25, 0.3) is 0 Å². The minimum atomic E-state index is -0.0392. The van der Waals surface area contributed by atoms with Crippen LogP contribution in [0, 0.1) is 6.92 Å². The number of likely N-dealkylation sites (tertiary alicyclic amines) is 1. The lowest BCUT2D eigenvalue weighted by atomic mass is 10.1. The summed E-state index contributed by atoms with van der Waals surface area (Å²) in [6.07, 6.45) is 0.868. The third-order valence-electron chi connectivity index (χ3n) is 3.85. The highest BCUT2D eigenvalue weighted by molar-refractivity contribution is 8.00. The molecule has 1 aromatic heterocycles. The van der Waals surface area contributed by atoms with Crippen molar-refractivity contribution in [2.24, 2.45) is 7.05 Å². The van der Waals surface area contributed by atoms with Crippen LogP contribution >= 0.6 is 11.8 Å². The van der Waals surface area contributed by atoms with Crippen molar-refractivity contribution in [1.82, 2.24) is 19.7 Å². The first-order valence-electron chi connectivity index (χ1n) is 6.95. The fraction of sp³-hybridized carbons (Fsp3) is 0.400. The third-order valence-corrected chi connectivity index (χ3v) is 5.14. The van der Waals surface area contributed by atoms with Crippen LogP contribution in [0.1, 0.15) is 12.0 Å². The highest BCUT2D eigenvalue weighted by Crippen LogP contribution is 2.31. The Balaban J connectivity index is 1.87. The molecular weight excluding hydrogens is 284 g/mol. The fourth-order valence-electron chi connectivity index (χ4n) is 2.50. The Kier molecular flexibility index (Phi) is 3.71. The molecule has 0 bridgehead atoms. The predicted molar refractivity (Wildman–Crippen MR) is 83.1 cm³/mol. The second-order valence-electron chi connectivity index (χ2n) is 5.34. The molecule has 0 radical (unpaired) electrons. The highest BCUT2D eigenvalue weighted by atomic mass is 32.2. The number of amides is 1. The smallest absolute Gasteiger partial charge is 0.235 e. The molecule has 3 rings (SSSR count). The summed E-state index contributed by atoms with van der Waals surface area (Å²) in [5.74, 6) is 1.02. The molecule has 0 aliphatic carbocycles. The maximum absolute atomic E-state index is 12.0. The largest absolute Gasteiger partial charge is 0.345 e. The number of thioether (sulfide) groups is 1. The van der Waals surface area contributed by atoms with E-state index in [0.717, 1.165) is 29.5 Å². The van der Waals surface area contributed by atoms with E-state index in [-0.39, 0.29) is 11.2 Å². The monoisotopic (exact) mass is 302 g/mol. The van der Waals surface area contributed by atoms with Gasteiger partial charge in [-0.2, -0.15) is 0 Å². The van der Waals surface area contributed by atoms with Crippen molar-refractivity contribution < 1.29 is 4.79 Å². The number of hydrogen-bond acceptors (Lipinski definition) is 4.